The predicted molar refractivity (Wildman–Crippen MR) is 158 cm³/mol. The van der Waals surface area contributed by atoms with Crippen molar-refractivity contribution in [3.63, 3.8) is 0 Å². The summed E-state index contributed by atoms with van der Waals surface area (Å²) in [4.78, 5) is 22.3. The molecule has 0 spiro atoms. The van der Waals surface area contributed by atoms with Crippen LogP contribution in [0.5, 0.6) is 5.75 Å². The van der Waals surface area contributed by atoms with E-state index in [9.17, 15) is 5.26 Å². The average Bonchev–Trinajstić information content (AvgIpc) is 3.27. The zero-order valence-corrected chi connectivity index (χ0v) is 24.1. The third-order valence-electron chi connectivity index (χ3n) is 7.73. The number of benzene rings is 2. The number of likely N-dealkylation sites (N-methyl/N-ethyl adjacent to an activating group) is 1. The maximum atomic E-state index is 9.79. The van der Waals surface area contributed by atoms with Gasteiger partial charge in [-0.3, -0.25) is 4.79 Å². The first kappa shape index (κ1) is 29.1. The van der Waals surface area contributed by atoms with Crippen molar-refractivity contribution < 1.29 is 14.6 Å². The lowest BCUT2D eigenvalue weighted by Gasteiger charge is -2.36. The van der Waals surface area contributed by atoms with E-state index in [1.54, 1.807) is 13.3 Å². The molecule has 9 nitrogen and oxygen atoms in total. The number of aromatic nitrogens is 2. The Kier molecular flexibility index (Phi) is 9.13. The Morgan fingerprint density at radius 1 is 1.23 bits per heavy atom. The van der Waals surface area contributed by atoms with Gasteiger partial charge in [-0.15, -0.1) is 0 Å². The van der Waals surface area contributed by atoms with Gasteiger partial charge >= 0.3 is 0 Å². The van der Waals surface area contributed by atoms with E-state index in [0.717, 1.165) is 68.1 Å². The smallest absolute Gasteiger partial charge is 0.290 e. The molecular weight excluding hydrogens is 528 g/mol. The number of carboxylic acid groups (broad SMARTS) is 1. The number of rotatable bonds is 6. The van der Waals surface area contributed by atoms with Crippen molar-refractivity contribution in [2.45, 2.75) is 39.0 Å². The summed E-state index contributed by atoms with van der Waals surface area (Å²) in [6.45, 7) is 11.4. The minimum Gasteiger partial charge on any atom is -0.494 e. The minimum absolute atomic E-state index is 0.0418. The van der Waals surface area contributed by atoms with Crippen LogP contribution in [0.1, 0.15) is 43.9 Å². The average molecular weight is 563 g/mol. The van der Waals surface area contributed by atoms with E-state index in [0.29, 0.717) is 22.4 Å². The van der Waals surface area contributed by atoms with E-state index in [2.05, 4.69) is 53.0 Å². The molecule has 0 unspecified atom stereocenters. The highest BCUT2D eigenvalue weighted by Gasteiger charge is 2.32. The molecule has 40 heavy (non-hydrogen) atoms. The number of nitriles is 1. The lowest BCUT2D eigenvalue weighted by atomic mass is 9.84. The van der Waals surface area contributed by atoms with Gasteiger partial charge in [-0.1, -0.05) is 32.4 Å². The van der Waals surface area contributed by atoms with Gasteiger partial charge in [0.25, 0.3) is 6.47 Å². The monoisotopic (exact) mass is 562 g/mol. The number of methoxy groups -OCH3 is 1. The molecule has 1 aliphatic carbocycles. The molecule has 1 saturated heterocycles. The fourth-order valence-corrected chi connectivity index (χ4v) is 5.70. The van der Waals surface area contributed by atoms with Crippen LogP contribution < -0.4 is 15.0 Å². The highest BCUT2D eigenvalue weighted by atomic mass is 35.5. The molecule has 1 aromatic heterocycles. The number of hydrogen-bond acceptors (Lipinski definition) is 8. The molecule has 5 rings (SSSR count). The summed E-state index contributed by atoms with van der Waals surface area (Å²) in [6.07, 6.45) is 3.71. The van der Waals surface area contributed by atoms with Crippen LogP contribution in [-0.2, 0) is 16.6 Å². The maximum absolute atomic E-state index is 9.79. The molecule has 2 aliphatic rings. The number of anilines is 3. The van der Waals surface area contributed by atoms with Crippen LogP contribution in [0.4, 0.5) is 17.3 Å². The van der Waals surface area contributed by atoms with Crippen LogP contribution in [-0.4, -0.2) is 66.3 Å². The zero-order chi connectivity index (χ0) is 28.9. The maximum Gasteiger partial charge on any atom is 0.290 e. The Bertz CT molecular complexity index is 1410. The van der Waals surface area contributed by atoms with Crippen LogP contribution in [0, 0.1) is 11.3 Å². The van der Waals surface area contributed by atoms with Gasteiger partial charge in [0.2, 0.25) is 5.95 Å². The number of hydrogen-bond donors (Lipinski definition) is 2. The summed E-state index contributed by atoms with van der Waals surface area (Å²) in [6, 6.07) is 12.3. The zero-order valence-electron chi connectivity index (χ0n) is 23.4. The van der Waals surface area contributed by atoms with Gasteiger partial charge in [-0.05, 0) is 60.2 Å². The number of nitrogens with one attached hydrogen (secondary N) is 1. The molecule has 3 aromatic rings. The summed E-state index contributed by atoms with van der Waals surface area (Å²) in [7, 11) is 1.65. The van der Waals surface area contributed by atoms with Gasteiger partial charge in [0.05, 0.1) is 40.8 Å². The van der Waals surface area contributed by atoms with Crippen molar-refractivity contribution in [1.29, 1.82) is 5.26 Å². The molecule has 2 heterocycles. The quantitative estimate of drug-likeness (QED) is 0.376. The first-order valence-corrected chi connectivity index (χ1v) is 13.7. The second kappa shape index (κ2) is 12.5. The first-order valence-electron chi connectivity index (χ1n) is 13.3. The van der Waals surface area contributed by atoms with Gasteiger partial charge in [0, 0.05) is 44.0 Å². The highest BCUT2D eigenvalue weighted by molar-refractivity contribution is 6.33. The Balaban J connectivity index is 0.00000118. The molecule has 1 aliphatic heterocycles. The van der Waals surface area contributed by atoms with E-state index >= 15 is 0 Å². The predicted octanol–water partition coefficient (Wildman–Crippen LogP) is 5.49. The van der Waals surface area contributed by atoms with Gasteiger partial charge < -0.3 is 25.0 Å². The molecule has 0 bridgehead atoms. The summed E-state index contributed by atoms with van der Waals surface area (Å²) >= 11 is 6.75. The summed E-state index contributed by atoms with van der Waals surface area (Å²) < 4.78 is 5.71. The van der Waals surface area contributed by atoms with Crippen LogP contribution in [0.25, 0.3) is 11.3 Å². The molecule has 10 heteroatoms. The second-order valence-electron chi connectivity index (χ2n) is 10.5. The van der Waals surface area contributed by atoms with Crippen LogP contribution in [0.3, 0.4) is 0 Å². The normalized spacial score (nSPS) is 15.8. The minimum atomic E-state index is -0.250. The number of carbonyl (C=O) groups is 1. The summed E-state index contributed by atoms with van der Waals surface area (Å²) in [5.41, 5.74) is 6.53. The SMILES string of the molecule is CCN1CCN(c2cc(OC)c(Nc3nccc(-c4cc(C#N)c5c(c4)C(C)(C)CC5)n3)cc2Cl)CC1.O=CO. The van der Waals surface area contributed by atoms with E-state index in [1.807, 2.05) is 24.3 Å². The molecule has 210 valence electrons. The lowest BCUT2D eigenvalue weighted by Crippen LogP contribution is -2.46. The van der Waals surface area contributed by atoms with Crippen LogP contribution >= 0.6 is 11.6 Å². The highest BCUT2D eigenvalue weighted by Crippen LogP contribution is 2.42. The summed E-state index contributed by atoms with van der Waals surface area (Å²) in [5.74, 6) is 1.12. The molecule has 1 fully saturated rings. The largest absolute Gasteiger partial charge is 0.494 e. The van der Waals surface area contributed by atoms with Gasteiger partial charge in [-0.25, -0.2) is 9.97 Å². The van der Waals surface area contributed by atoms with E-state index in [4.69, 9.17) is 31.2 Å². The molecule has 0 atom stereocenters. The third-order valence-corrected chi connectivity index (χ3v) is 8.03. The molecule has 0 radical (unpaired) electrons. The number of piperazine rings is 1. The number of fused-ring (bicyclic) bond motifs is 1. The molecule has 0 saturated carbocycles. The molecular formula is C30H35ClN6O3. The van der Waals surface area contributed by atoms with E-state index < -0.39 is 0 Å². The van der Waals surface area contributed by atoms with Crippen molar-refractivity contribution >= 4 is 35.4 Å². The number of ether oxygens (including phenoxy) is 1. The third kappa shape index (κ3) is 6.14. The van der Waals surface area contributed by atoms with Crippen molar-refractivity contribution in [2.24, 2.45) is 0 Å². The fraction of sp³-hybridized carbons (Fsp3) is 0.400. The Morgan fingerprint density at radius 2 is 1.95 bits per heavy atom. The summed E-state index contributed by atoms with van der Waals surface area (Å²) in [5, 5.41) is 20.6. The first-order chi connectivity index (χ1) is 19.2. The van der Waals surface area contributed by atoms with Crippen LogP contribution in [0.15, 0.2) is 36.5 Å². The van der Waals surface area contributed by atoms with Crippen molar-refractivity contribution in [1.82, 2.24) is 14.9 Å². The Hall–Kier alpha value is -3.87. The van der Waals surface area contributed by atoms with E-state index in [-0.39, 0.29) is 11.9 Å². The lowest BCUT2D eigenvalue weighted by molar-refractivity contribution is -0.122. The van der Waals surface area contributed by atoms with Gasteiger partial charge in [0.1, 0.15) is 5.75 Å². The van der Waals surface area contributed by atoms with Crippen molar-refractivity contribution in [3.05, 3.63) is 58.2 Å². The van der Waals surface area contributed by atoms with Gasteiger partial charge in [-0.2, -0.15) is 5.26 Å². The fourth-order valence-electron chi connectivity index (χ4n) is 5.42. The molecule has 2 N–H and O–H groups in total. The van der Waals surface area contributed by atoms with Crippen LogP contribution in [0.2, 0.25) is 5.02 Å². The second-order valence-corrected chi connectivity index (χ2v) is 10.9. The number of nitrogens with zero attached hydrogens (tertiary/aromatic N) is 5. The molecule has 2 aromatic carbocycles. The Labute approximate surface area is 240 Å². The standard InChI is InChI=1S/C29H33ClN6O.CH2O2/c1-5-35-10-12-36(13-11-35)26-17-27(37-4)25(16-23(26)30)34-28-32-9-7-24(33-28)19-14-20(18-31)21-6-8-29(2,3)22(21)15-19;2-1-3/h7,9,14-17H,5-6,8,10-13H2,1-4H3,(H,32,33,34);1H,(H,2,3). The topological polar surface area (TPSA) is 115 Å². The van der Waals surface area contributed by atoms with Gasteiger partial charge in [0.15, 0.2) is 0 Å². The number of halogens is 1. The molecule has 0 amide bonds. The Morgan fingerprint density at radius 3 is 2.60 bits per heavy atom. The van der Waals surface area contributed by atoms with E-state index in [1.165, 1.54) is 11.1 Å². The van der Waals surface area contributed by atoms with Crippen molar-refractivity contribution in [2.75, 3.05) is 50.1 Å². The van der Waals surface area contributed by atoms with Crippen molar-refractivity contribution in [3.8, 4) is 23.1 Å².